The van der Waals surface area contributed by atoms with Crippen LogP contribution in [0.1, 0.15) is 38.4 Å². The lowest BCUT2D eigenvalue weighted by Crippen LogP contribution is -2.11. The van der Waals surface area contributed by atoms with Gasteiger partial charge in [-0.05, 0) is 30.7 Å². The Morgan fingerprint density at radius 3 is 2.38 bits per heavy atom. The topological polar surface area (TPSA) is 25.8 Å². The van der Waals surface area contributed by atoms with E-state index in [0.29, 0.717) is 5.92 Å². The second kappa shape index (κ2) is 3.44. The van der Waals surface area contributed by atoms with E-state index >= 15 is 0 Å². The van der Waals surface area contributed by atoms with Crippen LogP contribution >= 0.6 is 0 Å². The lowest BCUT2D eigenvalue weighted by Gasteiger charge is -2.17. The molecule has 1 fully saturated rings. The van der Waals surface area contributed by atoms with Gasteiger partial charge in [0.05, 0.1) is 0 Å². The predicted octanol–water partition coefficient (Wildman–Crippen LogP) is 2.63. The van der Waals surface area contributed by atoms with Gasteiger partial charge in [-0.3, -0.25) is 0 Å². The van der Waals surface area contributed by atoms with Crippen molar-refractivity contribution >= 4 is 0 Å². The summed E-state index contributed by atoms with van der Waals surface area (Å²) in [6, 6.07) is 1.87. The second-order valence-electron chi connectivity index (χ2n) is 4.09. The number of hydrogen-bond acceptors (Lipinski definition) is 2. The summed E-state index contributed by atoms with van der Waals surface area (Å²) in [5.41, 5.74) is 0. The molecule has 1 aliphatic rings. The minimum atomic E-state index is 0.508. The molecule has 1 aromatic heterocycles. The molecule has 1 unspecified atom stereocenters. The maximum Gasteiger partial charge on any atom is 0.131 e. The third kappa shape index (κ3) is 1.87. The summed E-state index contributed by atoms with van der Waals surface area (Å²) in [7, 11) is 0. The fourth-order valence-electron chi connectivity index (χ4n) is 1.81. The maximum atomic E-state index is 4.30. The molecule has 0 radical (unpaired) electrons. The van der Waals surface area contributed by atoms with Crippen molar-refractivity contribution in [2.45, 2.75) is 32.6 Å². The maximum absolute atomic E-state index is 4.30. The largest absolute Gasteiger partial charge is 0.241 e. The molecule has 1 heterocycles. The molecule has 0 aromatic carbocycles. The summed E-state index contributed by atoms with van der Waals surface area (Å²) in [5, 5.41) is 0. The SMILES string of the molecule is CC(c1ncccn1)[C@H](C)C1CC1. The van der Waals surface area contributed by atoms with E-state index in [9.17, 15) is 0 Å². The average Bonchev–Trinajstić information content (AvgIpc) is 3.00. The Bertz CT molecular complexity index is 267. The van der Waals surface area contributed by atoms with Gasteiger partial charge in [-0.15, -0.1) is 0 Å². The van der Waals surface area contributed by atoms with E-state index in [0.717, 1.165) is 17.7 Å². The van der Waals surface area contributed by atoms with E-state index < -0.39 is 0 Å². The van der Waals surface area contributed by atoms with E-state index in [1.807, 2.05) is 18.5 Å². The van der Waals surface area contributed by atoms with Gasteiger partial charge in [0.2, 0.25) is 0 Å². The van der Waals surface area contributed by atoms with Crippen LogP contribution in [0, 0.1) is 11.8 Å². The molecule has 2 atom stereocenters. The predicted molar refractivity (Wildman–Crippen MR) is 52.3 cm³/mol. The van der Waals surface area contributed by atoms with Crippen LogP contribution < -0.4 is 0 Å². The first-order valence-corrected chi connectivity index (χ1v) is 5.06. The smallest absolute Gasteiger partial charge is 0.131 e. The fraction of sp³-hybridized carbons (Fsp3) is 0.636. The minimum Gasteiger partial charge on any atom is -0.241 e. The van der Waals surface area contributed by atoms with Gasteiger partial charge in [-0.25, -0.2) is 9.97 Å². The number of hydrogen-bond donors (Lipinski definition) is 0. The van der Waals surface area contributed by atoms with Crippen molar-refractivity contribution < 1.29 is 0 Å². The summed E-state index contributed by atoms with van der Waals surface area (Å²) in [5.74, 6) is 3.18. The van der Waals surface area contributed by atoms with Gasteiger partial charge < -0.3 is 0 Å². The minimum absolute atomic E-state index is 0.508. The zero-order valence-electron chi connectivity index (χ0n) is 8.27. The number of nitrogens with zero attached hydrogens (tertiary/aromatic N) is 2. The first-order valence-electron chi connectivity index (χ1n) is 5.06. The molecule has 0 amide bonds. The monoisotopic (exact) mass is 176 g/mol. The summed E-state index contributed by atoms with van der Waals surface area (Å²) in [6.07, 6.45) is 6.47. The molecule has 1 aromatic rings. The lowest BCUT2D eigenvalue weighted by molar-refractivity contribution is 0.416. The van der Waals surface area contributed by atoms with Gasteiger partial charge in [0.1, 0.15) is 5.82 Å². The molecule has 13 heavy (non-hydrogen) atoms. The summed E-state index contributed by atoms with van der Waals surface area (Å²) in [4.78, 5) is 8.60. The molecular weight excluding hydrogens is 160 g/mol. The summed E-state index contributed by atoms with van der Waals surface area (Å²) in [6.45, 7) is 4.55. The standard InChI is InChI=1S/C11H16N2/c1-8(10-4-5-10)9(2)11-12-6-3-7-13-11/h3,6-10H,4-5H2,1-2H3/t8-,9?/m0/s1. The van der Waals surface area contributed by atoms with E-state index in [-0.39, 0.29) is 0 Å². The van der Waals surface area contributed by atoms with Crippen LogP contribution in [0.2, 0.25) is 0 Å². The Morgan fingerprint density at radius 1 is 1.23 bits per heavy atom. The summed E-state index contributed by atoms with van der Waals surface area (Å²) >= 11 is 0. The van der Waals surface area contributed by atoms with Crippen molar-refractivity contribution in [3.63, 3.8) is 0 Å². The quantitative estimate of drug-likeness (QED) is 0.707. The molecule has 0 bridgehead atoms. The highest BCUT2D eigenvalue weighted by Gasteiger charge is 2.32. The van der Waals surface area contributed by atoms with Crippen LogP contribution in [0.4, 0.5) is 0 Å². The molecule has 2 heteroatoms. The zero-order valence-corrected chi connectivity index (χ0v) is 8.27. The Hall–Kier alpha value is -0.920. The number of rotatable bonds is 3. The van der Waals surface area contributed by atoms with E-state index in [2.05, 4.69) is 23.8 Å². The highest BCUT2D eigenvalue weighted by atomic mass is 14.9. The molecule has 0 saturated heterocycles. The Kier molecular flexibility index (Phi) is 2.30. The van der Waals surface area contributed by atoms with E-state index in [1.54, 1.807) is 0 Å². The van der Waals surface area contributed by atoms with Gasteiger partial charge in [0.15, 0.2) is 0 Å². The molecule has 2 rings (SSSR count). The first-order chi connectivity index (χ1) is 6.29. The van der Waals surface area contributed by atoms with E-state index in [4.69, 9.17) is 0 Å². The highest BCUT2D eigenvalue weighted by Crippen LogP contribution is 2.42. The van der Waals surface area contributed by atoms with Crippen LogP contribution in [0.5, 0.6) is 0 Å². The van der Waals surface area contributed by atoms with Crippen molar-refractivity contribution in [1.82, 2.24) is 9.97 Å². The van der Waals surface area contributed by atoms with E-state index in [1.165, 1.54) is 12.8 Å². The average molecular weight is 176 g/mol. The van der Waals surface area contributed by atoms with Gasteiger partial charge in [-0.2, -0.15) is 0 Å². The molecule has 1 aliphatic carbocycles. The van der Waals surface area contributed by atoms with Crippen molar-refractivity contribution in [1.29, 1.82) is 0 Å². The van der Waals surface area contributed by atoms with Crippen LogP contribution in [-0.2, 0) is 0 Å². The lowest BCUT2D eigenvalue weighted by atomic mass is 9.91. The van der Waals surface area contributed by atoms with Crippen LogP contribution in [-0.4, -0.2) is 9.97 Å². The van der Waals surface area contributed by atoms with Crippen molar-refractivity contribution in [2.75, 3.05) is 0 Å². The third-order valence-corrected chi connectivity index (χ3v) is 3.15. The second-order valence-corrected chi connectivity index (χ2v) is 4.09. The van der Waals surface area contributed by atoms with Crippen LogP contribution in [0.15, 0.2) is 18.5 Å². The molecule has 2 nitrogen and oxygen atoms in total. The number of aromatic nitrogens is 2. The van der Waals surface area contributed by atoms with Crippen molar-refractivity contribution in [2.24, 2.45) is 11.8 Å². The highest BCUT2D eigenvalue weighted by molar-refractivity contribution is 4.99. The molecule has 1 saturated carbocycles. The molecule has 0 aliphatic heterocycles. The Labute approximate surface area is 79.4 Å². The van der Waals surface area contributed by atoms with Crippen LogP contribution in [0.25, 0.3) is 0 Å². The normalized spacial score (nSPS) is 21.1. The van der Waals surface area contributed by atoms with Gasteiger partial charge in [-0.1, -0.05) is 13.8 Å². The van der Waals surface area contributed by atoms with Crippen LogP contribution in [0.3, 0.4) is 0 Å². The fourth-order valence-corrected chi connectivity index (χ4v) is 1.81. The van der Waals surface area contributed by atoms with Crippen molar-refractivity contribution in [3.8, 4) is 0 Å². The molecule has 0 N–H and O–H groups in total. The van der Waals surface area contributed by atoms with Gasteiger partial charge in [0.25, 0.3) is 0 Å². The zero-order chi connectivity index (χ0) is 9.26. The molecule has 0 spiro atoms. The van der Waals surface area contributed by atoms with Gasteiger partial charge >= 0.3 is 0 Å². The third-order valence-electron chi connectivity index (χ3n) is 3.15. The van der Waals surface area contributed by atoms with Gasteiger partial charge in [0, 0.05) is 18.3 Å². The Balaban J connectivity index is 2.07. The summed E-state index contributed by atoms with van der Waals surface area (Å²) < 4.78 is 0. The first kappa shape index (κ1) is 8.67. The molecular formula is C11H16N2. The van der Waals surface area contributed by atoms with Crippen molar-refractivity contribution in [3.05, 3.63) is 24.3 Å². The Morgan fingerprint density at radius 2 is 1.85 bits per heavy atom. The molecule has 70 valence electrons.